The highest BCUT2D eigenvalue weighted by atomic mass is 32.2. The number of fused-ring (bicyclic) bond motifs is 1. The lowest BCUT2D eigenvalue weighted by molar-refractivity contribution is -0.127. The number of hydrogen-bond donors (Lipinski definition) is 0. The number of hydrogen-bond acceptors (Lipinski definition) is 4. The first-order valence-electron chi connectivity index (χ1n) is 9.15. The largest absolute Gasteiger partial charge is 0.341 e. The summed E-state index contributed by atoms with van der Waals surface area (Å²) in [5.74, 6) is -0.178. The topological polar surface area (TPSA) is 55.2 Å². The molecule has 0 atom stereocenters. The van der Waals surface area contributed by atoms with Gasteiger partial charge in [-0.1, -0.05) is 36.0 Å². The van der Waals surface area contributed by atoms with Crippen LogP contribution in [0.5, 0.6) is 0 Å². The van der Waals surface area contributed by atoms with Crippen LogP contribution < -0.4 is 5.56 Å². The summed E-state index contributed by atoms with van der Waals surface area (Å²) in [6.45, 7) is 0.403. The van der Waals surface area contributed by atoms with Gasteiger partial charge >= 0.3 is 0 Å². The van der Waals surface area contributed by atoms with Gasteiger partial charge in [0.15, 0.2) is 5.16 Å². The highest BCUT2D eigenvalue weighted by Crippen LogP contribution is 2.36. The molecule has 1 saturated carbocycles. The molecule has 1 fully saturated rings. The summed E-state index contributed by atoms with van der Waals surface area (Å²) in [4.78, 5) is 31.6. The van der Waals surface area contributed by atoms with Crippen LogP contribution in [0.2, 0.25) is 0 Å². The van der Waals surface area contributed by atoms with Gasteiger partial charge in [-0.3, -0.25) is 14.2 Å². The molecule has 4 rings (SSSR count). The molecule has 3 aromatic rings. The lowest BCUT2D eigenvalue weighted by atomic mass is 10.2. The number of thioether (sulfide) groups is 1. The first-order chi connectivity index (χ1) is 13.5. The fourth-order valence-electron chi connectivity index (χ4n) is 3.07. The Labute approximate surface area is 166 Å². The Morgan fingerprint density at radius 3 is 2.64 bits per heavy atom. The molecular formula is C21H20FN3O2S. The number of para-hydroxylation sites is 1. The van der Waals surface area contributed by atoms with Crippen molar-refractivity contribution in [2.24, 2.45) is 0 Å². The van der Waals surface area contributed by atoms with E-state index in [-0.39, 0.29) is 29.1 Å². The molecule has 1 aliphatic rings. The number of carbonyl (C=O) groups excluding carboxylic acids is 1. The summed E-state index contributed by atoms with van der Waals surface area (Å²) in [6.07, 6.45) is 1.93. The number of halogens is 1. The fraction of sp³-hybridized carbons (Fsp3) is 0.286. The quantitative estimate of drug-likeness (QED) is 0.471. The van der Waals surface area contributed by atoms with Crippen LogP contribution in [-0.2, 0) is 11.3 Å². The molecule has 5 nitrogen and oxygen atoms in total. The molecule has 7 heteroatoms. The summed E-state index contributed by atoms with van der Waals surface area (Å²) in [5.41, 5.74) is 1.47. The Kier molecular flexibility index (Phi) is 5.17. The van der Waals surface area contributed by atoms with Crippen LogP contribution in [0.15, 0.2) is 58.5 Å². The molecule has 144 valence electrons. The molecule has 0 spiro atoms. The zero-order chi connectivity index (χ0) is 19.7. The molecular weight excluding hydrogens is 377 g/mol. The summed E-state index contributed by atoms with van der Waals surface area (Å²) in [7, 11) is 1.72. The predicted molar refractivity (Wildman–Crippen MR) is 108 cm³/mol. The molecule has 2 aromatic carbocycles. The summed E-state index contributed by atoms with van der Waals surface area (Å²) in [5, 5.41) is 1.20. The number of amides is 1. The Balaban J connectivity index is 1.50. The Morgan fingerprint density at radius 1 is 1.21 bits per heavy atom. The van der Waals surface area contributed by atoms with Crippen LogP contribution in [0.1, 0.15) is 24.4 Å². The van der Waals surface area contributed by atoms with Gasteiger partial charge in [0.2, 0.25) is 5.91 Å². The molecule has 0 saturated heterocycles. The summed E-state index contributed by atoms with van der Waals surface area (Å²) in [6, 6.07) is 13.6. The van der Waals surface area contributed by atoms with Crippen molar-refractivity contribution in [3.8, 4) is 0 Å². The lowest BCUT2D eigenvalue weighted by Gasteiger charge is -2.18. The third-order valence-corrected chi connectivity index (χ3v) is 5.71. The highest BCUT2D eigenvalue weighted by Gasteiger charge is 2.28. The van der Waals surface area contributed by atoms with Crippen LogP contribution in [0.25, 0.3) is 10.9 Å². The van der Waals surface area contributed by atoms with Gasteiger partial charge in [0.05, 0.1) is 16.7 Å². The number of carbonyl (C=O) groups is 1. The highest BCUT2D eigenvalue weighted by molar-refractivity contribution is 7.99. The smallest absolute Gasteiger partial charge is 0.262 e. The van der Waals surface area contributed by atoms with Gasteiger partial charge in [-0.15, -0.1) is 0 Å². The van der Waals surface area contributed by atoms with Crippen molar-refractivity contribution < 1.29 is 9.18 Å². The molecule has 28 heavy (non-hydrogen) atoms. The SMILES string of the molecule is CN(Cc1ccc(F)cc1)C(=O)CSc1nc2ccccc2c(=O)n1C1CC1. The number of aromatic nitrogens is 2. The van der Waals surface area contributed by atoms with E-state index in [0.29, 0.717) is 22.6 Å². The normalized spacial score (nSPS) is 13.6. The molecule has 0 bridgehead atoms. The third-order valence-electron chi connectivity index (χ3n) is 4.77. The Bertz CT molecular complexity index is 1080. The van der Waals surface area contributed by atoms with Gasteiger partial charge < -0.3 is 4.90 Å². The molecule has 0 N–H and O–H groups in total. The number of nitrogens with zero attached hydrogens (tertiary/aromatic N) is 3. The number of rotatable bonds is 6. The fourth-order valence-corrected chi connectivity index (χ4v) is 4.08. The maximum Gasteiger partial charge on any atom is 0.262 e. The second-order valence-corrected chi connectivity index (χ2v) is 7.93. The minimum Gasteiger partial charge on any atom is -0.341 e. The zero-order valence-corrected chi connectivity index (χ0v) is 16.3. The minimum absolute atomic E-state index is 0.0392. The van der Waals surface area contributed by atoms with E-state index in [1.54, 1.807) is 34.7 Å². The summed E-state index contributed by atoms with van der Waals surface area (Å²) >= 11 is 1.29. The second kappa shape index (κ2) is 7.75. The van der Waals surface area contributed by atoms with Gasteiger partial charge in [-0.05, 0) is 42.7 Å². The molecule has 1 aromatic heterocycles. The summed E-state index contributed by atoms with van der Waals surface area (Å²) < 4.78 is 14.8. The van der Waals surface area contributed by atoms with Crippen molar-refractivity contribution >= 4 is 28.6 Å². The Hall–Kier alpha value is -2.67. The maximum absolute atomic E-state index is 13.0. The van der Waals surface area contributed by atoms with Gasteiger partial charge in [0, 0.05) is 19.6 Å². The van der Waals surface area contributed by atoms with Gasteiger partial charge in [-0.25, -0.2) is 9.37 Å². The van der Waals surface area contributed by atoms with Gasteiger partial charge in [0.25, 0.3) is 5.56 Å². The molecule has 1 aliphatic carbocycles. The zero-order valence-electron chi connectivity index (χ0n) is 15.5. The van der Waals surface area contributed by atoms with Crippen molar-refractivity contribution in [1.29, 1.82) is 0 Å². The average molecular weight is 397 g/mol. The van der Waals surface area contributed by atoms with Crippen LogP contribution in [0.3, 0.4) is 0 Å². The van der Waals surface area contributed by atoms with Crippen LogP contribution >= 0.6 is 11.8 Å². The number of benzene rings is 2. The van der Waals surface area contributed by atoms with E-state index in [4.69, 9.17) is 0 Å². The van der Waals surface area contributed by atoms with Crippen LogP contribution in [0.4, 0.5) is 4.39 Å². The van der Waals surface area contributed by atoms with Gasteiger partial charge in [0.1, 0.15) is 5.82 Å². The lowest BCUT2D eigenvalue weighted by Crippen LogP contribution is -2.28. The second-order valence-electron chi connectivity index (χ2n) is 6.98. The van der Waals surface area contributed by atoms with Crippen molar-refractivity contribution in [3.05, 3.63) is 70.3 Å². The third kappa shape index (κ3) is 3.94. The van der Waals surface area contributed by atoms with Gasteiger partial charge in [-0.2, -0.15) is 0 Å². The van der Waals surface area contributed by atoms with E-state index in [1.807, 2.05) is 18.2 Å². The predicted octanol–water partition coefficient (Wildman–Crippen LogP) is 3.62. The van der Waals surface area contributed by atoms with E-state index < -0.39 is 0 Å². The van der Waals surface area contributed by atoms with Crippen molar-refractivity contribution in [2.75, 3.05) is 12.8 Å². The molecule has 1 heterocycles. The van der Waals surface area contributed by atoms with Crippen molar-refractivity contribution in [1.82, 2.24) is 14.5 Å². The van der Waals surface area contributed by atoms with Crippen molar-refractivity contribution in [3.63, 3.8) is 0 Å². The van der Waals surface area contributed by atoms with E-state index in [9.17, 15) is 14.0 Å². The van der Waals surface area contributed by atoms with Crippen LogP contribution in [0, 0.1) is 5.82 Å². The molecule has 0 aliphatic heterocycles. The van der Waals surface area contributed by atoms with E-state index >= 15 is 0 Å². The van der Waals surface area contributed by atoms with E-state index in [0.717, 1.165) is 18.4 Å². The van der Waals surface area contributed by atoms with Crippen molar-refractivity contribution in [2.45, 2.75) is 30.6 Å². The monoisotopic (exact) mass is 397 g/mol. The first kappa shape index (κ1) is 18.7. The molecule has 1 amide bonds. The standard InChI is InChI=1S/C21H20FN3O2S/c1-24(12-14-6-8-15(22)9-7-14)19(26)13-28-21-23-18-5-3-2-4-17(18)20(27)25(21)16-10-11-16/h2-9,16H,10-13H2,1H3. The average Bonchev–Trinajstić information content (AvgIpc) is 3.53. The van der Waals surface area contributed by atoms with Crippen LogP contribution in [-0.4, -0.2) is 33.2 Å². The Morgan fingerprint density at radius 2 is 1.93 bits per heavy atom. The minimum atomic E-state index is -0.297. The van der Waals surface area contributed by atoms with E-state index in [1.165, 1.54) is 23.9 Å². The molecule has 0 radical (unpaired) electrons. The first-order valence-corrected chi connectivity index (χ1v) is 10.1. The molecule has 0 unspecified atom stereocenters. The van der Waals surface area contributed by atoms with E-state index in [2.05, 4.69) is 4.98 Å². The maximum atomic E-state index is 13.0.